The fraction of sp³-hybridized carbons (Fsp3) is 0.833. The second-order valence-electron chi connectivity index (χ2n) is 4.78. The maximum Gasteiger partial charge on any atom is 0.402 e. The van der Waals surface area contributed by atoms with Gasteiger partial charge in [-0.25, -0.2) is 10.1 Å². The average molecular weight is 325 g/mol. The third-order valence-electron chi connectivity index (χ3n) is 1.89. The van der Waals surface area contributed by atoms with Crippen molar-refractivity contribution in [2.45, 2.75) is 52.7 Å². The molecule has 0 fully saturated rings. The lowest BCUT2D eigenvalue weighted by atomic mass is 10.4. The van der Waals surface area contributed by atoms with E-state index in [4.69, 9.17) is 24.0 Å². The van der Waals surface area contributed by atoms with E-state index in [1.807, 2.05) is 0 Å². The predicted molar refractivity (Wildman–Crippen MR) is 75.4 cm³/mol. The van der Waals surface area contributed by atoms with Gasteiger partial charge in [-0.05, 0) is 27.7 Å². The third kappa shape index (κ3) is 12.5. The molecule has 2 N–H and O–H groups in total. The number of esters is 2. The number of ether oxygens (including phenoxy) is 2. The van der Waals surface area contributed by atoms with Gasteiger partial charge in [-0.3, -0.25) is 18.6 Å². The molecule has 124 valence electrons. The molecular formula is C12H24NO7P. The third-order valence-corrected chi connectivity index (χ3v) is 2.97. The minimum Gasteiger partial charge on any atom is -0.463 e. The van der Waals surface area contributed by atoms with Crippen LogP contribution in [0.15, 0.2) is 0 Å². The Morgan fingerprint density at radius 1 is 0.905 bits per heavy atom. The van der Waals surface area contributed by atoms with Gasteiger partial charge < -0.3 is 9.47 Å². The van der Waals surface area contributed by atoms with Gasteiger partial charge in [0.2, 0.25) is 0 Å². The summed E-state index contributed by atoms with van der Waals surface area (Å²) in [4.78, 5) is 22.4. The summed E-state index contributed by atoms with van der Waals surface area (Å²) < 4.78 is 31.0. The first-order valence-electron chi connectivity index (χ1n) is 6.69. The van der Waals surface area contributed by atoms with Crippen molar-refractivity contribution in [2.24, 2.45) is 5.50 Å². The molecular weight excluding hydrogens is 301 g/mol. The molecule has 21 heavy (non-hydrogen) atoms. The lowest BCUT2D eigenvalue weighted by molar-refractivity contribution is -0.148. The highest BCUT2D eigenvalue weighted by Gasteiger charge is 2.20. The molecule has 8 nitrogen and oxygen atoms in total. The highest BCUT2D eigenvalue weighted by atomic mass is 31.2. The largest absolute Gasteiger partial charge is 0.463 e. The Balaban J connectivity index is 3.86. The zero-order valence-corrected chi connectivity index (χ0v) is 13.8. The van der Waals surface area contributed by atoms with Crippen molar-refractivity contribution < 1.29 is 32.7 Å². The number of hydrogen-bond acceptors (Lipinski definition) is 7. The van der Waals surface area contributed by atoms with Crippen LogP contribution in [0, 0.1) is 0 Å². The summed E-state index contributed by atoms with van der Waals surface area (Å²) in [5, 5.41) is 0. The molecule has 0 bridgehead atoms. The van der Waals surface area contributed by atoms with Gasteiger partial charge in [0.25, 0.3) is 0 Å². The van der Waals surface area contributed by atoms with Crippen LogP contribution in [0.2, 0.25) is 0 Å². The molecule has 0 unspecified atom stereocenters. The highest BCUT2D eigenvalue weighted by molar-refractivity contribution is 7.51. The van der Waals surface area contributed by atoms with Crippen LogP contribution in [-0.2, 0) is 32.7 Å². The smallest absolute Gasteiger partial charge is 0.402 e. The molecule has 0 saturated heterocycles. The predicted octanol–water partition coefficient (Wildman–Crippen LogP) is 1.77. The van der Waals surface area contributed by atoms with E-state index in [0.29, 0.717) is 0 Å². The van der Waals surface area contributed by atoms with Crippen LogP contribution >= 0.6 is 7.75 Å². The Morgan fingerprint density at radius 2 is 1.24 bits per heavy atom. The van der Waals surface area contributed by atoms with Crippen molar-refractivity contribution >= 4 is 19.7 Å². The lowest BCUT2D eigenvalue weighted by Gasteiger charge is -2.14. The van der Waals surface area contributed by atoms with Crippen molar-refractivity contribution in [1.82, 2.24) is 0 Å². The van der Waals surface area contributed by atoms with E-state index in [2.05, 4.69) is 0 Å². The first kappa shape index (κ1) is 20.1. The van der Waals surface area contributed by atoms with Gasteiger partial charge in [-0.2, -0.15) is 0 Å². The Hall–Kier alpha value is -0.950. The molecule has 0 atom stereocenters. The van der Waals surface area contributed by atoms with Crippen molar-refractivity contribution in [3.05, 3.63) is 0 Å². The summed E-state index contributed by atoms with van der Waals surface area (Å²) in [6.45, 7) is 6.49. The van der Waals surface area contributed by atoms with E-state index in [-0.39, 0.29) is 38.3 Å². The Morgan fingerprint density at radius 3 is 1.52 bits per heavy atom. The standard InChI is InChI=1S/C12H24NO7P/c1-9(2)19-11(14)5-7-17-21(13,16)18-8-6-12(15)20-10(3)4/h9-10H,5-8H2,1-4H3,(H2,13,16). The van der Waals surface area contributed by atoms with Crippen molar-refractivity contribution in [3.8, 4) is 0 Å². The molecule has 0 aromatic heterocycles. The summed E-state index contributed by atoms with van der Waals surface area (Å²) in [6, 6.07) is 0. The van der Waals surface area contributed by atoms with Crippen LogP contribution in [0.1, 0.15) is 40.5 Å². The number of carbonyl (C=O) groups is 2. The zero-order chi connectivity index (χ0) is 16.5. The van der Waals surface area contributed by atoms with Crippen LogP contribution in [-0.4, -0.2) is 37.4 Å². The van der Waals surface area contributed by atoms with Crippen molar-refractivity contribution in [1.29, 1.82) is 0 Å². The summed E-state index contributed by atoms with van der Waals surface area (Å²) in [5.41, 5.74) is 5.30. The summed E-state index contributed by atoms with van der Waals surface area (Å²) in [6.07, 6.45) is -0.633. The van der Waals surface area contributed by atoms with E-state index in [9.17, 15) is 14.2 Å². The quantitative estimate of drug-likeness (QED) is 0.477. The fourth-order valence-corrected chi connectivity index (χ4v) is 1.96. The molecule has 0 aliphatic rings. The minimum absolute atomic E-state index is 0.0852. The maximum absolute atomic E-state index is 11.7. The Bertz CT molecular complexity index is 352. The molecule has 0 aliphatic heterocycles. The van der Waals surface area contributed by atoms with Gasteiger partial charge in [0.1, 0.15) is 0 Å². The van der Waals surface area contributed by atoms with Crippen LogP contribution in [0.25, 0.3) is 0 Å². The second kappa shape index (κ2) is 9.89. The number of hydrogen-bond donors (Lipinski definition) is 1. The topological polar surface area (TPSA) is 114 Å². The monoisotopic (exact) mass is 325 g/mol. The molecule has 0 amide bonds. The number of carbonyl (C=O) groups excluding carboxylic acids is 2. The molecule has 0 aromatic rings. The van der Waals surface area contributed by atoms with E-state index in [1.165, 1.54) is 0 Å². The summed E-state index contributed by atoms with van der Waals surface area (Å²) in [7, 11) is -3.79. The summed E-state index contributed by atoms with van der Waals surface area (Å²) >= 11 is 0. The fourth-order valence-electron chi connectivity index (χ4n) is 1.19. The molecule has 0 spiro atoms. The minimum atomic E-state index is -3.79. The second-order valence-corrected chi connectivity index (χ2v) is 6.38. The maximum atomic E-state index is 11.7. The van der Waals surface area contributed by atoms with Gasteiger partial charge in [-0.15, -0.1) is 0 Å². The van der Waals surface area contributed by atoms with Gasteiger partial charge in [-0.1, -0.05) is 0 Å². The molecule has 0 rings (SSSR count). The highest BCUT2D eigenvalue weighted by Crippen LogP contribution is 2.39. The van der Waals surface area contributed by atoms with Crippen LogP contribution < -0.4 is 5.50 Å². The average Bonchev–Trinajstić information content (AvgIpc) is 2.25. The van der Waals surface area contributed by atoms with Crippen LogP contribution in [0.3, 0.4) is 0 Å². The normalized spacial score (nSPS) is 11.8. The van der Waals surface area contributed by atoms with E-state index >= 15 is 0 Å². The van der Waals surface area contributed by atoms with E-state index in [0.717, 1.165) is 0 Å². The first-order valence-corrected chi connectivity index (χ1v) is 8.30. The number of nitrogens with two attached hydrogens (primary N) is 1. The molecule has 0 aromatic carbocycles. The molecule has 0 saturated carbocycles. The van der Waals surface area contributed by atoms with Gasteiger partial charge >= 0.3 is 19.7 Å². The molecule has 9 heteroatoms. The number of rotatable bonds is 10. The van der Waals surface area contributed by atoms with Crippen molar-refractivity contribution in [2.75, 3.05) is 13.2 Å². The summed E-state index contributed by atoms with van der Waals surface area (Å²) in [5.74, 6) is -0.962. The first-order chi connectivity index (χ1) is 9.62. The molecule has 0 heterocycles. The zero-order valence-electron chi connectivity index (χ0n) is 12.9. The van der Waals surface area contributed by atoms with Crippen LogP contribution in [0.5, 0.6) is 0 Å². The molecule has 0 aliphatic carbocycles. The lowest BCUT2D eigenvalue weighted by Crippen LogP contribution is -2.16. The van der Waals surface area contributed by atoms with Gasteiger partial charge in [0.05, 0.1) is 38.3 Å². The Kier molecular flexibility index (Phi) is 9.44. The van der Waals surface area contributed by atoms with Gasteiger partial charge in [0.15, 0.2) is 0 Å². The van der Waals surface area contributed by atoms with E-state index in [1.54, 1.807) is 27.7 Å². The van der Waals surface area contributed by atoms with Crippen molar-refractivity contribution in [3.63, 3.8) is 0 Å². The SMILES string of the molecule is CC(C)OC(=O)CCOP(N)(=O)OCCC(=O)OC(C)C. The molecule has 0 radical (unpaired) electrons. The Labute approximate surface area is 124 Å². The van der Waals surface area contributed by atoms with Gasteiger partial charge in [0, 0.05) is 0 Å². The van der Waals surface area contributed by atoms with Crippen LogP contribution in [0.4, 0.5) is 0 Å². The van der Waals surface area contributed by atoms with E-state index < -0.39 is 19.7 Å².